The molecule has 3 aromatic rings. The number of halogens is 1. The predicted octanol–water partition coefficient (Wildman–Crippen LogP) is 5.26. The van der Waals surface area contributed by atoms with Gasteiger partial charge in [0.2, 0.25) is 0 Å². The summed E-state index contributed by atoms with van der Waals surface area (Å²) >= 11 is 6.67. The van der Waals surface area contributed by atoms with E-state index in [9.17, 15) is 9.90 Å². The molecule has 0 spiro atoms. The van der Waals surface area contributed by atoms with Crippen molar-refractivity contribution < 1.29 is 9.90 Å². The van der Waals surface area contributed by atoms with E-state index in [1.807, 2.05) is 91.0 Å². The van der Waals surface area contributed by atoms with E-state index >= 15 is 0 Å². The van der Waals surface area contributed by atoms with Crippen LogP contribution in [0.15, 0.2) is 91.0 Å². The summed E-state index contributed by atoms with van der Waals surface area (Å²) in [6.45, 7) is 0. The standard InChI is InChI=1S/C21H18ClNO2/c22-23(18-14-8-3-9-15-18)20(17-12-6-2-7-13-17)19(21(24)25)16-10-4-1-5-11-16/h1-15,19-20H,(H,24,25). The van der Waals surface area contributed by atoms with Crippen molar-refractivity contribution in [1.82, 2.24) is 0 Å². The van der Waals surface area contributed by atoms with Gasteiger partial charge in [-0.1, -0.05) is 78.9 Å². The number of hydrogen-bond donors (Lipinski definition) is 1. The van der Waals surface area contributed by atoms with Crippen molar-refractivity contribution in [2.75, 3.05) is 4.42 Å². The van der Waals surface area contributed by atoms with Gasteiger partial charge in [-0.25, -0.2) is 0 Å². The maximum absolute atomic E-state index is 12.2. The second-order valence-electron chi connectivity index (χ2n) is 5.73. The molecule has 0 aliphatic heterocycles. The van der Waals surface area contributed by atoms with Crippen LogP contribution in [0.2, 0.25) is 0 Å². The fraction of sp³-hybridized carbons (Fsp3) is 0.0952. The Kier molecular flexibility index (Phi) is 5.36. The first kappa shape index (κ1) is 17.1. The van der Waals surface area contributed by atoms with Gasteiger partial charge in [0, 0.05) is 11.8 Å². The van der Waals surface area contributed by atoms with Crippen LogP contribution in [-0.4, -0.2) is 11.1 Å². The minimum Gasteiger partial charge on any atom is -0.481 e. The summed E-state index contributed by atoms with van der Waals surface area (Å²) in [5, 5.41) is 9.97. The monoisotopic (exact) mass is 351 g/mol. The van der Waals surface area contributed by atoms with Crippen LogP contribution in [0.4, 0.5) is 5.69 Å². The van der Waals surface area contributed by atoms with E-state index in [0.717, 1.165) is 11.3 Å². The molecule has 3 nitrogen and oxygen atoms in total. The Balaban J connectivity index is 2.11. The van der Waals surface area contributed by atoms with Crippen molar-refractivity contribution in [3.8, 4) is 0 Å². The summed E-state index contributed by atoms with van der Waals surface area (Å²) < 4.78 is 1.52. The highest BCUT2D eigenvalue weighted by Gasteiger charge is 2.35. The molecule has 126 valence electrons. The van der Waals surface area contributed by atoms with E-state index in [-0.39, 0.29) is 0 Å². The summed E-state index contributed by atoms with van der Waals surface area (Å²) in [6, 6.07) is 27.5. The molecule has 0 saturated heterocycles. The molecule has 0 amide bonds. The lowest BCUT2D eigenvalue weighted by atomic mass is 9.86. The van der Waals surface area contributed by atoms with Crippen molar-refractivity contribution in [1.29, 1.82) is 0 Å². The minimum atomic E-state index is -0.915. The summed E-state index contributed by atoms with van der Waals surface area (Å²) in [5.41, 5.74) is 2.31. The number of benzene rings is 3. The normalized spacial score (nSPS) is 13.0. The Morgan fingerprint density at radius 1 is 0.760 bits per heavy atom. The van der Waals surface area contributed by atoms with E-state index in [0.29, 0.717) is 5.56 Å². The topological polar surface area (TPSA) is 40.5 Å². The second-order valence-corrected chi connectivity index (χ2v) is 6.09. The van der Waals surface area contributed by atoms with Crippen molar-refractivity contribution in [2.24, 2.45) is 0 Å². The van der Waals surface area contributed by atoms with Crippen LogP contribution in [0.3, 0.4) is 0 Å². The van der Waals surface area contributed by atoms with Gasteiger partial charge in [0.05, 0.1) is 11.7 Å². The third-order valence-corrected chi connectivity index (χ3v) is 4.53. The molecular weight excluding hydrogens is 334 g/mol. The number of aliphatic carboxylic acids is 1. The summed E-state index contributed by atoms with van der Waals surface area (Å²) in [7, 11) is 0. The quantitative estimate of drug-likeness (QED) is 0.616. The van der Waals surface area contributed by atoms with Gasteiger partial charge in [0.15, 0.2) is 0 Å². The third kappa shape index (κ3) is 3.83. The van der Waals surface area contributed by atoms with E-state index in [4.69, 9.17) is 11.8 Å². The Hall–Kier alpha value is -2.78. The van der Waals surface area contributed by atoms with Gasteiger partial charge in [-0.2, -0.15) is 0 Å². The van der Waals surface area contributed by atoms with Crippen LogP contribution in [0, 0.1) is 0 Å². The average molecular weight is 352 g/mol. The first-order chi connectivity index (χ1) is 12.2. The zero-order chi connectivity index (χ0) is 17.6. The lowest BCUT2D eigenvalue weighted by Crippen LogP contribution is -2.30. The molecule has 3 rings (SSSR count). The molecule has 4 heteroatoms. The number of nitrogens with zero attached hydrogens (tertiary/aromatic N) is 1. The molecular formula is C21H18ClNO2. The lowest BCUT2D eigenvalue weighted by Gasteiger charge is -2.32. The number of carboxylic acids is 1. The number of para-hydroxylation sites is 1. The van der Waals surface area contributed by atoms with Gasteiger partial charge in [-0.15, -0.1) is 0 Å². The predicted molar refractivity (Wildman–Crippen MR) is 101 cm³/mol. The Morgan fingerprint density at radius 2 is 1.20 bits per heavy atom. The van der Waals surface area contributed by atoms with E-state index in [1.54, 1.807) is 0 Å². The Bertz CT molecular complexity index is 809. The second kappa shape index (κ2) is 7.86. The molecule has 2 unspecified atom stereocenters. The molecule has 0 heterocycles. The van der Waals surface area contributed by atoms with Crippen LogP contribution in [-0.2, 0) is 4.79 Å². The molecule has 0 bridgehead atoms. The van der Waals surface area contributed by atoms with Gasteiger partial charge in [-0.3, -0.25) is 9.21 Å². The highest BCUT2D eigenvalue weighted by molar-refractivity contribution is 6.26. The van der Waals surface area contributed by atoms with Gasteiger partial charge >= 0.3 is 5.97 Å². The van der Waals surface area contributed by atoms with Gasteiger partial charge in [0.25, 0.3) is 0 Å². The molecule has 0 aliphatic rings. The van der Waals surface area contributed by atoms with Crippen LogP contribution < -0.4 is 4.42 Å². The molecule has 2 atom stereocenters. The fourth-order valence-electron chi connectivity index (χ4n) is 2.96. The number of anilines is 1. The summed E-state index contributed by atoms with van der Waals surface area (Å²) in [4.78, 5) is 12.2. The van der Waals surface area contributed by atoms with E-state index in [1.165, 1.54) is 4.42 Å². The molecule has 0 fully saturated rings. The molecule has 1 N–H and O–H groups in total. The first-order valence-corrected chi connectivity index (χ1v) is 8.35. The SMILES string of the molecule is O=C(O)C(c1ccccc1)C(c1ccccc1)N(Cl)c1ccccc1. The summed E-state index contributed by atoms with van der Waals surface area (Å²) in [5.74, 6) is -1.72. The van der Waals surface area contributed by atoms with E-state index in [2.05, 4.69) is 0 Å². The molecule has 0 aliphatic carbocycles. The smallest absolute Gasteiger partial charge is 0.313 e. The van der Waals surface area contributed by atoms with Crippen LogP contribution in [0.5, 0.6) is 0 Å². The number of carboxylic acid groups (broad SMARTS) is 1. The lowest BCUT2D eigenvalue weighted by molar-refractivity contribution is -0.139. The minimum absolute atomic E-state index is 0.551. The van der Waals surface area contributed by atoms with Crippen LogP contribution in [0.25, 0.3) is 0 Å². The van der Waals surface area contributed by atoms with Crippen molar-refractivity contribution in [3.05, 3.63) is 102 Å². The maximum Gasteiger partial charge on any atom is 0.313 e. The third-order valence-electron chi connectivity index (χ3n) is 4.13. The largest absolute Gasteiger partial charge is 0.481 e. The molecule has 0 radical (unpaired) electrons. The number of carbonyl (C=O) groups is 1. The molecule has 0 saturated carbocycles. The molecule has 0 aromatic heterocycles. The Labute approximate surface area is 152 Å². The number of hydrogen-bond acceptors (Lipinski definition) is 2. The van der Waals surface area contributed by atoms with E-state index < -0.39 is 17.9 Å². The number of rotatable bonds is 6. The zero-order valence-corrected chi connectivity index (χ0v) is 14.3. The molecule has 25 heavy (non-hydrogen) atoms. The van der Waals surface area contributed by atoms with Gasteiger partial charge in [-0.05, 0) is 23.3 Å². The van der Waals surface area contributed by atoms with Gasteiger partial charge < -0.3 is 5.11 Å². The van der Waals surface area contributed by atoms with Crippen LogP contribution >= 0.6 is 11.8 Å². The van der Waals surface area contributed by atoms with Gasteiger partial charge in [0.1, 0.15) is 5.92 Å². The maximum atomic E-state index is 12.2. The highest BCUT2D eigenvalue weighted by atomic mass is 35.5. The fourth-order valence-corrected chi connectivity index (χ4v) is 3.29. The van der Waals surface area contributed by atoms with Crippen molar-refractivity contribution in [3.63, 3.8) is 0 Å². The first-order valence-electron chi connectivity index (χ1n) is 8.01. The average Bonchev–Trinajstić information content (AvgIpc) is 2.67. The summed E-state index contributed by atoms with van der Waals surface area (Å²) in [6.07, 6.45) is 0. The highest BCUT2D eigenvalue weighted by Crippen LogP contribution is 2.40. The zero-order valence-electron chi connectivity index (χ0n) is 13.5. The van der Waals surface area contributed by atoms with Crippen molar-refractivity contribution in [2.45, 2.75) is 12.0 Å². The molecule has 3 aromatic carbocycles. The van der Waals surface area contributed by atoms with Crippen molar-refractivity contribution >= 4 is 23.4 Å². The van der Waals surface area contributed by atoms with Crippen LogP contribution in [0.1, 0.15) is 23.1 Å². The Morgan fingerprint density at radius 3 is 1.68 bits per heavy atom.